The summed E-state index contributed by atoms with van der Waals surface area (Å²) in [5.41, 5.74) is 8.19. The maximum absolute atomic E-state index is 12.6. The third-order valence-electron chi connectivity index (χ3n) is 5.77. The fourth-order valence-electron chi connectivity index (χ4n) is 3.86. The maximum Gasteiger partial charge on any atom is 0.223 e. The Morgan fingerprint density at radius 3 is 2.64 bits per heavy atom. The fraction of sp³-hybridized carbons (Fsp3) is 0.417. The number of anilines is 1. The summed E-state index contributed by atoms with van der Waals surface area (Å²) in [4.78, 5) is 30.3. The van der Waals surface area contributed by atoms with Gasteiger partial charge in [-0.15, -0.1) is 0 Å². The lowest BCUT2D eigenvalue weighted by atomic mass is 9.95. The number of nitrogens with two attached hydrogens (primary N) is 1. The molecule has 1 aliphatic heterocycles. The Labute approximate surface area is 193 Å². The van der Waals surface area contributed by atoms with Crippen LogP contribution in [0.4, 0.5) is 5.69 Å². The van der Waals surface area contributed by atoms with Crippen LogP contribution >= 0.6 is 0 Å². The van der Waals surface area contributed by atoms with Crippen LogP contribution in [0.2, 0.25) is 0 Å². The molecule has 0 spiro atoms. The molecule has 1 amide bonds. The first-order chi connectivity index (χ1) is 16.0. The number of aryl methyl sites for hydroxylation is 1. The number of amidine groups is 1. The van der Waals surface area contributed by atoms with Gasteiger partial charge in [-0.1, -0.05) is 17.3 Å². The molecule has 9 heteroatoms. The van der Waals surface area contributed by atoms with Crippen LogP contribution in [0, 0.1) is 5.92 Å². The number of carbonyl (C=O) groups is 2. The minimum atomic E-state index is -0.0237. The number of nitrogens with zero attached hydrogens (tertiary/aromatic N) is 3. The smallest absolute Gasteiger partial charge is 0.223 e. The number of ketones is 1. The van der Waals surface area contributed by atoms with Crippen molar-refractivity contribution in [3.05, 3.63) is 53.9 Å². The Balaban J connectivity index is 1.48. The summed E-state index contributed by atoms with van der Waals surface area (Å²) in [5.74, 6) is 0.640. The lowest BCUT2D eigenvalue weighted by molar-refractivity contribution is -0.125. The zero-order valence-corrected chi connectivity index (χ0v) is 18.9. The van der Waals surface area contributed by atoms with Crippen molar-refractivity contribution in [1.82, 2.24) is 10.3 Å². The van der Waals surface area contributed by atoms with E-state index < -0.39 is 0 Å². The molecular weight excluding hydrogens is 422 g/mol. The SMILES string of the molecule is CC(=O)CCc1ccc(/C(N)=N/O)cc1OCCNC(=O)C1CCN(c2ccncc2)CC1. The van der Waals surface area contributed by atoms with E-state index in [2.05, 4.69) is 20.4 Å². The number of benzene rings is 1. The van der Waals surface area contributed by atoms with Gasteiger partial charge in [0, 0.05) is 49.1 Å². The van der Waals surface area contributed by atoms with Gasteiger partial charge in [-0.3, -0.25) is 9.78 Å². The average Bonchev–Trinajstić information content (AvgIpc) is 2.85. The first-order valence-corrected chi connectivity index (χ1v) is 11.1. The molecule has 0 aliphatic carbocycles. The van der Waals surface area contributed by atoms with Gasteiger partial charge in [0.05, 0.1) is 6.54 Å². The molecule has 1 saturated heterocycles. The number of hydrogen-bond acceptors (Lipinski definition) is 7. The number of amides is 1. The quantitative estimate of drug-likeness (QED) is 0.165. The molecule has 2 aromatic rings. The van der Waals surface area contributed by atoms with Crippen LogP contribution < -0.4 is 20.7 Å². The van der Waals surface area contributed by atoms with Crippen molar-refractivity contribution in [3.8, 4) is 5.75 Å². The first-order valence-electron chi connectivity index (χ1n) is 11.1. The minimum absolute atomic E-state index is 0.0156. The van der Waals surface area contributed by atoms with Gasteiger partial charge in [-0.2, -0.15) is 0 Å². The molecule has 1 aromatic carbocycles. The predicted molar refractivity (Wildman–Crippen MR) is 126 cm³/mol. The predicted octanol–water partition coefficient (Wildman–Crippen LogP) is 2.11. The molecule has 2 heterocycles. The highest BCUT2D eigenvalue weighted by molar-refractivity contribution is 5.97. The van der Waals surface area contributed by atoms with Crippen molar-refractivity contribution in [2.75, 3.05) is 31.1 Å². The van der Waals surface area contributed by atoms with E-state index in [1.165, 1.54) is 0 Å². The third kappa shape index (κ3) is 6.93. The molecule has 4 N–H and O–H groups in total. The number of nitrogens with one attached hydrogen (secondary N) is 1. The Morgan fingerprint density at radius 1 is 1.24 bits per heavy atom. The molecule has 1 aromatic heterocycles. The van der Waals surface area contributed by atoms with Crippen LogP contribution in [0.15, 0.2) is 47.9 Å². The van der Waals surface area contributed by atoms with Gasteiger partial charge in [-0.25, -0.2) is 0 Å². The fourth-order valence-corrected chi connectivity index (χ4v) is 3.86. The van der Waals surface area contributed by atoms with Crippen molar-refractivity contribution in [1.29, 1.82) is 0 Å². The summed E-state index contributed by atoms with van der Waals surface area (Å²) in [6.45, 7) is 3.84. The van der Waals surface area contributed by atoms with Crippen molar-refractivity contribution < 1.29 is 19.5 Å². The number of pyridine rings is 1. The number of ether oxygens (including phenoxy) is 1. The van der Waals surface area contributed by atoms with Gasteiger partial charge in [0.1, 0.15) is 18.1 Å². The highest BCUT2D eigenvalue weighted by atomic mass is 16.5. The van der Waals surface area contributed by atoms with E-state index in [9.17, 15) is 9.59 Å². The molecule has 33 heavy (non-hydrogen) atoms. The summed E-state index contributed by atoms with van der Waals surface area (Å²) in [7, 11) is 0. The van der Waals surface area contributed by atoms with E-state index in [1.807, 2.05) is 12.1 Å². The minimum Gasteiger partial charge on any atom is -0.491 e. The van der Waals surface area contributed by atoms with Gasteiger partial charge in [-0.05, 0) is 49.9 Å². The third-order valence-corrected chi connectivity index (χ3v) is 5.77. The number of rotatable bonds is 10. The summed E-state index contributed by atoms with van der Waals surface area (Å²) in [5, 5.41) is 14.9. The average molecular weight is 454 g/mol. The van der Waals surface area contributed by atoms with Crippen molar-refractivity contribution in [3.63, 3.8) is 0 Å². The molecular formula is C24H31N5O4. The number of piperidine rings is 1. The lowest BCUT2D eigenvalue weighted by Crippen LogP contribution is -2.41. The van der Waals surface area contributed by atoms with Crippen molar-refractivity contribution >= 4 is 23.2 Å². The molecule has 9 nitrogen and oxygen atoms in total. The second-order valence-corrected chi connectivity index (χ2v) is 8.12. The molecule has 0 radical (unpaired) electrons. The highest BCUT2D eigenvalue weighted by Crippen LogP contribution is 2.24. The molecule has 0 unspecified atom stereocenters. The standard InChI is InChI=1S/C24H31N5O4/c1-17(30)2-3-18-4-5-20(23(25)28-32)16-22(18)33-15-12-27-24(31)19-8-13-29(14-9-19)21-6-10-26-11-7-21/h4-7,10-11,16,19,32H,2-3,8-9,12-15H2,1H3,(H2,25,28)(H,27,31). The maximum atomic E-state index is 12.6. The number of oxime groups is 1. The van der Waals surface area contributed by atoms with Crippen LogP contribution in [-0.2, 0) is 16.0 Å². The summed E-state index contributed by atoms with van der Waals surface area (Å²) < 4.78 is 5.89. The van der Waals surface area contributed by atoms with Gasteiger partial charge >= 0.3 is 0 Å². The number of hydrogen-bond donors (Lipinski definition) is 3. The highest BCUT2D eigenvalue weighted by Gasteiger charge is 2.24. The van der Waals surface area contributed by atoms with E-state index in [4.69, 9.17) is 15.7 Å². The monoisotopic (exact) mass is 453 g/mol. The van der Waals surface area contributed by atoms with E-state index in [0.29, 0.717) is 30.7 Å². The normalized spacial score (nSPS) is 14.7. The first kappa shape index (κ1) is 24.0. The zero-order chi connectivity index (χ0) is 23.6. The number of carbonyl (C=O) groups excluding carboxylic acids is 2. The number of aromatic nitrogens is 1. The lowest BCUT2D eigenvalue weighted by Gasteiger charge is -2.32. The Hall–Kier alpha value is -3.62. The van der Waals surface area contributed by atoms with Crippen LogP contribution in [0.1, 0.15) is 37.3 Å². The molecule has 0 bridgehead atoms. The van der Waals surface area contributed by atoms with E-state index in [0.717, 1.165) is 37.2 Å². The van der Waals surface area contributed by atoms with Crippen molar-refractivity contribution in [2.24, 2.45) is 16.8 Å². The Kier molecular flexibility index (Phi) is 8.63. The van der Waals surface area contributed by atoms with Gasteiger partial charge < -0.3 is 30.7 Å². The number of Topliss-reactive ketones (excluding diaryl/α,β-unsaturated/α-hetero) is 1. The Bertz CT molecular complexity index is 972. The van der Waals surface area contributed by atoms with Crippen LogP contribution in [0.5, 0.6) is 5.75 Å². The van der Waals surface area contributed by atoms with E-state index in [-0.39, 0.29) is 30.1 Å². The van der Waals surface area contributed by atoms with Crippen LogP contribution in [0.3, 0.4) is 0 Å². The molecule has 1 aliphatic rings. The Morgan fingerprint density at radius 2 is 1.97 bits per heavy atom. The topological polar surface area (TPSA) is 130 Å². The van der Waals surface area contributed by atoms with Crippen molar-refractivity contribution in [2.45, 2.75) is 32.6 Å². The molecule has 1 fully saturated rings. The second-order valence-electron chi connectivity index (χ2n) is 8.12. The van der Waals surface area contributed by atoms with Gasteiger partial charge in [0.2, 0.25) is 5.91 Å². The second kappa shape index (κ2) is 11.8. The molecule has 3 rings (SSSR count). The molecule has 0 atom stereocenters. The summed E-state index contributed by atoms with van der Waals surface area (Å²) >= 11 is 0. The van der Waals surface area contributed by atoms with Gasteiger partial charge in [0.25, 0.3) is 0 Å². The largest absolute Gasteiger partial charge is 0.491 e. The summed E-state index contributed by atoms with van der Waals surface area (Å²) in [6.07, 6.45) is 6.08. The van der Waals surface area contributed by atoms with Crippen LogP contribution in [0.25, 0.3) is 0 Å². The van der Waals surface area contributed by atoms with Crippen LogP contribution in [-0.4, -0.2) is 54.0 Å². The van der Waals surface area contributed by atoms with Gasteiger partial charge in [0.15, 0.2) is 5.84 Å². The molecule has 0 saturated carbocycles. The van der Waals surface area contributed by atoms with E-state index >= 15 is 0 Å². The zero-order valence-electron chi connectivity index (χ0n) is 18.9. The van der Waals surface area contributed by atoms with E-state index in [1.54, 1.807) is 37.5 Å². The summed E-state index contributed by atoms with van der Waals surface area (Å²) in [6, 6.07) is 9.17. The molecule has 176 valence electrons.